The van der Waals surface area contributed by atoms with Crippen LogP contribution in [-0.4, -0.2) is 19.1 Å². The highest BCUT2D eigenvalue weighted by molar-refractivity contribution is 7.26. The molecule has 0 atom stereocenters. The van der Waals surface area contributed by atoms with Crippen molar-refractivity contribution in [2.75, 3.05) is 0 Å². The fourth-order valence-corrected chi connectivity index (χ4v) is 8.18. The third-order valence-corrected chi connectivity index (χ3v) is 10.2. The molecular weight excluding hydrogens is 569 g/mol. The largest absolute Gasteiger partial charge is 0.309 e. The minimum atomic E-state index is 0.926. The molecule has 0 saturated carbocycles. The van der Waals surface area contributed by atoms with E-state index in [1.807, 2.05) is 0 Å². The third-order valence-electron chi connectivity index (χ3n) is 9.04. The number of fused-ring (bicyclic) bond motifs is 9. The molecule has 0 N–H and O–H groups in total. The minimum absolute atomic E-state index is 0.926. The molecule has 10 rings (SSSR count). The van der Waals surface area contributed by atoms with E-state index in [1.165, 1.54) is 54.1 Å². The topological polar surface area (TPSA) is 35.6 Å². The van der Waals surface area contributed by atoms with Crippen molar-refractivity contribution in [3.05, 3.63) is 146 Å². The van der Waals surface area contributed by atoms with Crippen molar-refractivity contribution < 1.29 is 0 Å². The van der Waals surface area contributed by atoms with E-state index in [0.717, 1.165) is 32.5 Å². The molecule has 4 heterocycles. The van der Waals surface area contributed by atoms with Crippen LogP contribution in [-0.2, 0) is 0 Å². The number of rotatable bonds is 3. The van der Waals surface area contributed by atoms with Crippen LogP contribution in [0, 0.1) is 0 Å². The number of aromatic nitrogens is 4. The lowest BCUT2D eigenvalue weighted by molar-refractivity contribution is 1.08. The predicted molar refractivity (Wildman–Crippen MR) is 189 cm³/mol. The van der Waals surface area contributed by atoms with Gasteiger partial charge in [0, 0.05) is 37.3 Å². The molecule has 0 unspecified atom stereocenters. The molecule has 45 heavy (non-hydrogen) atoms. The summed E-state index contributed by atoms with van der Waals surface area (Å²) in [6, 6.07) is 50.1. The first-order valence-corrected chi connectivity index (χ1v) is 15.9. The molecule has 0 aliphatic heterocycles. The van der Waals surface area contributed by atoms with Gasteiger partial charge in [0.15, 0.2) is 5.82 Å². The smallest absolute Gasteiger partial charge is 0.159 e. The fraction of sp³-hybridized carbons (Fsp3) is 0. The second-order valence-corrected chi connectivity index (χ2v) is 12.5. The maximum absolute atomic E-state index is 4.88. The quantitative estimate of drug-likeness (QED) is 0.205. The average molecular weight is 593 g/mol. The van der Waals surface area contributed by atoms with Gasteiger partial charge < -0.3 is 4.57 Å². The van der Waals surface area contributed by atoms with Gasteiger partial charge in [-0.05, 0) is 65.7 Å². The number of nitrogens with zero attached hydrogens (tertiary/aromatic N) is 4. The van der Waals surface area contributed by atoms with E-state index >= 15 is 0 Å². The van der Waals surface area contributed by atoms with Gasteiger partial charge in [-0.1, -0.05) is 84.9 Å². The molecule has 0 bridgehead atoms. The number of hydrogen-bond donors (Lipinski definition) is 0. The SMILES string of the molecule is c1ccc(-n2c3ccccc3c3cc(-c4ccc5sc6c(-n7c8ccccc8c8ccccc87)ncnc6c5c4)ccc32)cc1. The van der Waals surface area contributed by atoms with Crippen LogP contribution in [0.4, 0.5) is 0 Å². The van der Waals surface area contributed by atoms with Gasteiger partial charge in [-0.15, -0.1) is 11.3 Å². The summed E-state index contributed by atoms with van der Waals surface area (Å²) in [5, 5.41) is 6.12. The second-order valence-electron chi connectivity index (χ2n) is 11.5. The van der Waals surface area contributed by atoms with E-state index in [9.17, 15) is 0 Å². The highest BCUT2D eigenvalue weighted by atomic mass is 32.1. The Hall–Kier alpha value is -5.78. The molecule has 6 aromatic carbocycles. The van der Waals surface area contributed by atoms with Gasteiger partial charge in [0.1, 0.15) is 6.33 Å². The molecule has 4 aromatic heterocycles. The van der Waals surface area contributed by atoms with Gasteiger partial charge in [0.25, 0.3) is 0 Å². The van der Waals surface area contributed by atoms with Crippen LogP contribution in [0.15, 0.2) is 146 Å². The van der Waals surface area contributed by atoms with E-state index in [2.05, 4.69) is 149 Å². The summed E-state index contributed by atoms with van der Waals surface area (Å²) in [6.07, 6.45) is 1.71. The Bertz CT molecular complexity index is 2710. The first-order chi connectivity index (χ1) is 22.3. The van der Waals surface area contributed by atoms with Crippen molar-refractivity contribution in [1.29, 1.82) is 0 Å². The van der Waals surface area contributed by atoms with Gasteiger partial charge in [0.2, 0.25) is 0 Å². The summed E-state index contributed by atoms with van der Waals surface area (Å²) in [5.41, 5.74) is 9.25. The molecule has 0 saturated heterocycles. The van der Waals surface area contributed by atoms with Gasteiger partial charge >= 0.3 is 0 Å². The van der Waals surface area contributed by atoms with Crippen molar-refractivity contribution in [3.63, 3.8) is 0 Å². The van der Waals surface area contributed by atoms with Crippen LogP contribution in [0.2, 0.25) is 0 Å². The zero-order valence-electron chi connectivity index (χ0n) is 24.1. The maximum atomic E-state index is 4.88. The van der Waals surface area contributed by atoms with Crippen molar-refractivity contribution in [3.8, 4) is 22.6 Å². The highest BCUT2D eigenvalue weighted by Gasteiger charge is 2.19. The van der Waals surface area contributed by atoms with Crippen molar-refractivity contribution in [1.82, 2.24) is 19.1 Å². The molecule has 210 valence electrons. The van der Waals surface area contributed by atoms with E-state index in [-0.39, 0.29) is 0 Å². The summed E-state index contributed by atoms with van der Waals surface area (Å²) in [7, 11) is 0. The molecular formula is C40H24N4S. The van der Waals surface area contributed by atoms with Crippen LogP contribution in [0.25, 0.3) is 86.5 Å². The molecule has 0 aliphatic rings. The van der Waals surface area contributed by atoms with Crippen molar-refractivity contribution in [2.24, 2.45) is 0 Å². The first-order valence-electron chi connectivity index (χ1n) is 15.1. The highest BCUT2D eigenvalue weighted by Crippen LogP contribution is 2.41. The summed E-state index contributed by atoms with van der Waals surface area (Å²) >= 11 is 1.76. The Morgan fingerprint density at radius 3 is 1.71 bits per heavy atom. The molecule has 0 fully saturated rings. The molecule has 4 nitrogen and oxygen atoms in total. The number of para-hydroxylation sites is 4. The Morgan fingerprint density at radius 2 is 1.00 bits per heavy atom. The summed E-state index contributed by atoms with van der Waals surface area (Å²) in [4.78, 5) is 9.72. The molecule has 0 radical (unpaired) electrons. The van der Waals surface area contributed by atoms with Crippen LogP contribution in [0.5, 0.6) is 0 Å². The van der Waals surface area contributed by atoms with E-state index in [4.69, 9.17) is 9.97 Å². The minimum Gasteiger partial charge on any atom is -0.309 e. The number of benzene rings is 6. The normalized spacial score (nSPS) is 12.0. The zero-order chi connectivity index (χ0) is 29.5. The fourth-order valence-electron chi connectivity index (χ4n) is 7.06. The van der Waals surface area contributed by atoms with Crippen molar-refractivity contribution >= 4 is 75.3 Å². The van der Waals surface area contributed by atoms with E-state index < -0.39 is 0 Å². The third kappa shape index (κ3) is 3.53. The maximum Gasteiger partial charge on any atom is 0.159 e. The van der Waals surface area contributed by atoms with E-state index in [1.54, 1.807) is 17.7 Å². The van der Waals surface area contributed by atoms with E-state index in [0.29, 0.717) is 0 Å². The van der Waals surface area contributed by atoms with Crippen LogP contribution >= 0.6 is 11.3 Å². The lowest BCUT2D eigenvalue weighted by Gasteiger charge is -2.08. The lowest BCUT2D eigenvalue weighted by Crippen LogP contribution is -1.98. The van der Waals surface area contributed by atoms with Gasteiger partial charge in [-0.2, -0.15) is 0 Å². The monoisotopic (exact) mass is 592 g/mol. The van der Waals surface area contributed by atoms with Gasteiger partial charge in [0.05, 0.1) is 32.3 Å². The molecule has 5 heteroatoms. The Kier molecular flexibility index (Phi) is 5.12. The number of thiophene rings is 1. The lowest BCUT2D eigenvalue weighted by atomic mass is 10.0. The average Bonchev–Trinajstić information content (AvgIpc) is 3.76. The molecule has 0 spiro atoms. The molecule has 0 amide bonds. The Morgan fingerprint density at radius 1 is 0.444 bits per heavy atom. The van der Waals surface area contributed by atoms with Crippen LogP contribution < -0.4 is 0 Å². The summed E-state index contributed by atoms with van der Waals surface area (Å²) < 4.78 is 6.95. The van der Waals surface area contributed by atoms with Crippen LogP contribution in [0.1, 0.15) is 0 Å². The van der Waals surface area contributed by atoms with Crippen molar-refractivity contribution in [2.45, 2.75) is 0 Å². The summed E-state index contributed by atoms with van der Waals surface area (Å²) in [6.45, 7) is 0. The molecule has 10 aromatic rings. The van der Waals surface area contributed by atoms with Gasteiger partial charge in [-0.3, -0.25) is 4.57 Å². The van der Waals surface area contributed by atoms with Gasteiger partial charge in [-0.25, -0.2) is 9.97 Å². The molecule has 0 aliphatic carbocycles. The summed E-state index contributed by atoms with van der Waals surface area (Å²) in [5.74, 6) is 0.926. The Balaban J connectivity index is 1.18. The standard InChI is InChI=1S/C40H24N4S/c1-2-10-27(11-3-1)43-33-15-7-6-14-30(33)31-22-25(18-20-36(31)43)26-19-21-37-32(23-26)38-39(45-37)40(42-24-41-38)44-34-16-8-4-12-28(34)29-13-5-9-17-35(29)44/h1-24H. The Labute approximate surface area is 262 Å². The second kappa shape index (κ2) is 9.36. The predicted octanol–water partition coefficient (Wildman–Crippen LogP) is 10.7. The van der Waals surface area contributed by atoms with Crippen LogP contribution in [0.3, 0.4) is 0 Å². The number of hydrogen-bond acceptors (Lipinski definition) is 3. The first kappa shape index (κ1) is 24.6. The zero-order valence-corrected chi connectivity index (χ0v) is 24.9.